The molecule has 0 amide bonds. The van der Waals surface area contributed by atoms with Gasteiger partial charge in [-0.3, -0.25) is 4.79 Å². The summed E-state index contributed by atoms with van der Waals surface area (Å²) >= 11 is 0. The maximum atomic E-state index is 12.1. The van der Waals surface area contributed by atoms with Crippen molar-refractivity contribution >= 4 is 5.78 Å². The molecule has 0 bridgehead atoms. The third-order valence-corrected chi connectivity index (χ3v) is 4.09. The summed E-state index contributed by atoms with van der Waals surface area (Å²) in [6.07, 6.45) is 5.29. The lowest BCUT2D eigenvalue weighted by atomic mass is 10.0. The molecule has 1 aromatic heterocycles. The molecular weight excluding hydrogens is 264 g/mol. The summed E-state index contributed by atoms with van der Waals surface area (Å²) < 4.78 is 5.22. The van der Waals surface area contributed by atoms with E-state index in [9.17, 15) is 4.79 Å². The molecule has 3 rings (SSSR count). The van der Waals surface area contributed by atoms with Crippen molar-refractivity contribution < 1.29 is 9.32 Å². The van der Waals surface area contributed by atoms with Crippen molar-refractivity contribution in [3.8, 4) is 0 Å². The second-order valence-corrected chi connectivity index (χ2v) is 5.89. The van der Waals surface area contributed by atoms with Gasteiger partial charge in [0.25, 0.3) is 0 Å². The number of aromatic nitrogens is 2. The summed E-state index contributed by atoms with van der Waals surface area (Å²) in [5.74, 6) is 1.56. The molecule has 0 atom stereocenters. The summed E-state index contributed by atoms with van der Waals surface area (Å²) in [7, 11) is 0. The Balaban J connectivity index is 1.62. The summed E-state index contributed by atoms with van der Waals surface area (Å²) in [6.45, 7) is 2.06. The molecule has 1 heterocycles. The number of hydrogen-bond donors (Lipinski definition) is 0. The van der Waals surface area contributed by atoms with E-state index in [0.717, 1.165) is 18.4 Å². The summed E-state index contributed by atoms with van der Waals surface area (Å²) in [6, 6.07) is 8.24. The highest BCUT2D eigenvalue weighted by molar-refractivity contribution is 5.82. The highest BCUT2D eigenvalue weighted by Gasteiger charge is 2.24. The smallest absolute Gasteiger partial charge is 0.234 e. The van der Waals surface area contributed by atoms with Crippen LogP contribution >= 0.6 is 0 Å². The van der Waals surface area contributed by atoms with E-state index in [4.69, 9.17) is 4.52 Å². The zero-order valence-electron chi connectivity index (χ0n) is 12.3. The maximum absolute atomic E-state index is 12.1. The molecule has 1 fully saturated rings. The van der Waals surface area contributed by atoms with Crippen LogP contribution in [0, 0.1) is 12.8 Å². The van der Waals surface area contributed by atoms with Crippen LogP contribution in [0.2, 0.25) is 0 Å². The number of hydrogen-bond acceptors (Lipinski definition) is 4. The standard InChI is InChI=1S/C17H20N2O2/c1-12-5-4-6-13(9-12)10-16-18-17(21-19-16)11-15(20)14-7-2-3-8-14/h4-6,9,14H,2-3,7-8,10-11H2,1H3. The molecule has 21 heavy (non-hydrogen) atoms. The number of Topliss-reactive ketones (excluding diaryl/α,β-unsaturated/α-hetero) is 1. The van der Waals surface area contributed by atoms with Crippen LogP contribution in [0.15, 0.2) is 28.8 Å². The summed E-state index contributed by atoms with van der Waals surface area (Å²) in [4.78, 5) is 16.4. The molecule has 0 unspecified atom stereocenters. The van der Waals surface area contributed by atoms with Crippen molar-refractivity contribution in [3.05, 3.63) is 47.1 Å². The number of aryl methyl sites for hydroxylation is 1. The normalized spacial score (nSPS) is 15.5. The molecule has 1 aliphatic rings. The highest BCUT2D eigenvalue weighted by atomic mass is 16.5. The van der Waals surface area contributed by atoms with Gasteiger partial charge in [0.05, 0.1) is 6.42 Å². The Morgan fingerprint density at radius 3 is 2.90 bits per heavy atom. The average molecular weight is 284 g/mol. The number of rotatable bonds is 5. The van der Waals surface area contributed by atoms with E-state index in [1.807, 2.05) is 12.1 Å². The fourth-order valence-electron chi connectivity index (χ4n) is 2.98. The fraction of sp³-hybridized carbons (Fsp3) is 0.471. The van der Waals surface area contributed by atoms with E-state index in [1.165, 1.54) is 18.4 Å². The van der Waals surface area contributed by atoms with Gasteiger partial charge in [-0.25, -0.2) is 0 Å². The Labute approximate surface area is 124 Å². The maximum Gasteiger partial charge on any atom is 0.234 e. The molecule has 1 saturated carbocycles. The van der Waals surface area contributed by atoms with Gasteiger partial charge in [-0.05, 0) is 25.3 Å². The highest BCUT2D eigenvalue weighted by Crippen LogP contribution is 2.26. The molecule has 4 heteroatoms. The SMILES string of the molecule is Cc1cccc(Cc2noc(CC(=O)C3CCCC3)n2)c1. The van der Waals surface area contributed by atoms with Crippen LogP contribution in [0.1, 0.15) is 48.5 Å². The third-order valence-electron chi connectivity index (χ3n) is 4.09. The lowest BCUT2D eigenvalue weighted by Crippen LogP contribution is -2.13. The van der Waals surface area contributed by atoms with Gasteiger partial charge in [-0.2, -0.15) is 4.98 Å². The van der Waals surface area contributed by atoms with Crippen LogP contribution in [0.25, 0.3) is 0 Å². The van der Waals surface area contributed by atoms with Gasteiger partial charge < -0.3 is 4.52 Å². The molecule has 0 N–H and O–H groups in total. The summed E-state index contributed by atoms with van der Waals surface area (Å²) in [5, 5.41) is 3.98. The van der Waals surface area contributed by atoms with Crippen LogP contribution < -0.4 is 0 Å². The van der Waals surface area contributed by atoms with Crippen LogP contribution in [0.4, 0.5) is 0 Å². The molecule has 110 valence electrons. The molecule has 0 spiro atoms. The fourth-order valence-corrected chi connectivity index (χ4v) is 2.98. The van der Waals surface area contributed by atoms with Gasteiger partial charge in [0.1, 0.15) is 5.78 Å². The number of benzene rings is 1. The molecule has 1 aromatic carbocycles. The molecule has 2 aromatic rings. The first kappa shape index (κ1) is 14.0. The Hall–Kier alpha value is -1.97. The molecule has 0 aliphatic heterocycles. The predicted molar refractivity (Wildman–Crippen MR) is 79.0 cm³/mol. The van der Waals surface area contributed by atoms with Crippen LogP contribution in [0.5, 0.6) is 0 Å². The zero-order chi connectivity index (χ0) is 14.7. The summed E-state index contributed by atoms with van der Waals surface area (Å²) in [5.41, 5.74) is 2.37. The molecule has 1 aliphatic carbocycles. The first-order valence-electron chi connectivity index (χ1n) is 7.60. The van der Waals surface area contributed by atoms with Crippen molar-refractivity contribution in [2.75, 3.05) is 0 Å². The van der Waals surface area contributed by atoms with Crippen molar-refractivity contribution in [2.24, 2.45) is 5.92 Å². The van der Waals surface area contributed by atoms with E-state index in [1.54, 1.807) is 0 Å². The average Bonchev–Trinajstić information content (AvgIpc) is 3.10. The molecular formula is C17H20N2O2. The minimum absolute atomic E-state index is 0.206. The first-order chi connectivity index (χ1) is 10.2. The van der Waals surface area contributed by atoms with Gasteiger partial charge in [-0.15, -0.1) is 0 Å². The van der Waals surface area contributed by atoms with Crippen LogP contribution in [0.3, 0.4) is 0 Å². The van der Waals surface area contributed by atoms with Gasteiger partial charge in [0, 0.05) is 12.3 Å². The first-order valence-corrected chi connectivity index (χ1v) is 7.60. The Kier molecular flexibility index (Phi) is 4.13. The number of carbonyl (C=O) groups is 1. The number of ketones is 1. The largest absolute Gasteiger partial charge is 0.339 e. The van der Waals surface area contributed by atoms with Gasteiger partial charge in [-0.1, -0.05) is 47.8 Å². The second kappa shape index (κ2) is 6.20. The van der Waals surface area contributed by atoms with Crippen molar-refractivity contribution in [1.82, 2.24) is 10.1 Å². The predicted octanol–water partition coefficient (Wildman–Crippen LogP) is 3.27. The minimum atomic E-state index is 0.206. The quantitative estimate of drug-likeness (QED) is 0.845. The molecule has 0 radical (unpaired) electrons. The third kappa shape index (κ3) is 3.57. The van der Waals surface area contributed by atoms with Gasteiger partial charge in [0.15, 0.2) is 5.82 Å². The lowest BCUT2D eigenvalue weighted by Gasteiger charge is -2.04. The minimum Gasteiger partial charge on any atom is -0.339 e. The van der Waals surface area contributed by atoms with E-state index in [-0.39, 0.29) is 18.1 Å². The Bertz CT molecular complexity index is 627. The Morgan fingerprint density at radius 2 is 2.14 bits per heavy atom. The van der Waals surface area contributed by atoms with Crippen LogP contribution in [-0.4, -0.2) is 15.9 Å². The van der Waals surface area contributed by atoms with Gasteiger partial charge >= 0.3 is 0 Å². The van der Waals surface area contributed by atoms with E-state index in [2.05, 4.69) is 29.2 Å². The lowest BCUT2D eigenvalue weighted by molar-refractivity contribution is -0.122. The molecule has 4 nitrogen and oxygen atoms in total. The van der Waals surface area contributed by atoms with E-state index < -0.39 is 0 Å². The Morgan fingerprint density at radius 1 is 1.33 bits per heavy atom. The van der Waals surface area contributed by atoms with Crippen molar-refractivity contribution in [3.63, 3.8) is 0 Å². The monoisotopic (exact) mass is 284 g/mol. The van der Waals surface area contributed by atoms with Gasteiger partial charge in [0.2, 0.25) is 5.89 Å². The second-order valence-electron chi connectivity index (χ2n) is 5.89. The number of nitrogens with zero attached hydrogens (tertiary/aromatic N) is 2. The zero-order valence-corrected chi connectivity index (χ0v) is 12.3. The number of carbonyl (C=O) groups excluding carboxylic acids is 1. The van der Waals surface area contributed by atoms with Crippen molar-refractivity contribution in [2.45, 2.75) is 45.4 Å². The topological polar surface area (TPSA) is 56.0 Å². The van der Waals surface area contributed by atoms with Crippen LogP contribution in [-0.2, 0) is 17.6 Å². The van der Waals surface area contributed by atoms with E-state index in [0.29, 0.717) is 18.1 Å². The van der Waals surface area contributed by atoms with Crippen molar-refractivity contribution in [1.29, 1.82) is 0 Å². The van der Waals surface area contributed by atoms with E-state index >= 15 is 0 Å². The molecule has 0 saturated heterocycles.